The van der Waals surface area contributed by atoms with E-state index in [2.05, 4.69) is 76.1 Å². The smallest absolute Gasteiger partial charge is 0.330 e. The van der Waals surface area contributed by atoms with Crippen LogP contribution in [0.25, 0.3) is 0 Å². The summed E-state index contributed by atoms with van der Waals surface area (Å²) in [6.07, 6.45) is 28.5. The molecule has 2 atom stereocenters. The molecule has 98 heavy (non-hydrogen) atoms. The molecule has 0 amide bonds. The molecule has 4 aromatic carbocycles. The number of esters is 4. The third-order valence-electron chi connectivity index (χ3n) is 13.5. The highest BCUT2D eigenvalue weighted by molar-refractivity contribution is 5.82. The molecule has 0 saturated carbocycles. The van der Waals surface area contributed by atoms with Crippen molar-refractivity contribution in [2.24, 2.45) is 11.8 Å². The number of aryl methyl sites for hydroxylation is 1. The lowest BCUT2D eigenvalue weighted by Gasteiger charge is -2.12. The van der Waals surface area contributed by atoms with Crippen LogP contribution in [0.3, 0.4) is 0 Å². The maximum atomic E-state index is 10.8. The van der Waals surface area contributed by atoms with Crippen LogP contribution in [-0.4, -0.2) is 158 Å². The molecule has 4 rings (SSSR count). The summed E-state index contributed by atoms with van der Waals surface area (Å²) in [7, 11) is 4.97. The molecule has 0 heterocycles. The maximum Gasteiger partial charge on any atom is 0.330 e. The fourth-order valence-corrected chi connectivity index (χ4v) is 7.70. The number of aliphatic hydroxyl groups excluding tert-OH is 4. The summed E-state index contributed by atoms with van der Waals surface area (Å²) in [5, 5.41) is 33.2. The predicted octanol–water partition coefficient (Wildman–Crippen LogP) is 15.7. The topological polar surface area (TPSA) is 241 Å². The minimum atomic E-state index is -0.429. The number of rotatable bonds is 48. The van der Waals surface area contributed by atoms with Crippen molar-refractivity contribution >= 4 is 23.9 Å². The van der Waals surface area contributed by atoms with Crippen LogP contribution in [0.2, 0.25) is 0 Å². The van der Waals surface area contributed by atoms with Gasteiger partial charge in [-0.3, -0.25) is 0 Å². The van der Waals surface area contributed by atoms with E-state index in [0.29, 0.717) is 71.3 Å². The van der Waals surface area contributed by atoms with E-state index in [1.54, 1.807) is 21.3 Å². The highest BCUT2D eigenvalue weighted by Crippen LogP contribution is 2.14. The Bertz CT molecular complexity index is 2310. The summed E-state index contributed by atoms with van der Waals surface area (Å²) in [6, 6.07) is 39.4. The first-order chi connectivity index (χ1) is 47.7. The molecule has 0 fully saturated rings. The van der Waals surface area contributed by atoms with Crippen molar-refractivity contribution in [2.75, 3.05) is 114 Å². The summed E-state index contributed by atoms with van der Waals surface area (Å²) in [5.74, 6) is 2.17. The van der Waals surface area contributed by atoms with E-state index in [1.165, 1.54) is 68.7 Å². The van der Waals surface area contributed by atoms with Crippen molar-refractivity contribution < 1.29 is 87.0 Å². The first kappa shape index (κ1) is 97.2. The normalized spacial score (nSPS) is 10.3. The highest BCUT2D eigenvalue weighted by atomic mass is 16.6. The molecule has 18 heteroatoms. The fraction of sp³-hybridized carbons (Fsp3) is 0.550. The van der Waals surface area contributed by atoms with Crippen LogP contribution in [0, 0.1) is 11.8 Å². The minimum Gasteiger partial charge on any atom is -0.494 e. The van der Waals surface area contributed by atoms with Crippen molar-refractivity contribution in [1.82, 2.24) is 0 Å². The SMILES string of the molecule is C=CC(=O)OCCC(C)CCOc1ccccc1.C=CC(=O)OCCCCCCOc1ccccc1.C=CC(=O)OCCCCCCc1ccccc1.C=CC(=O)OCCOc1ccccc1.CCCCCCCO.COCCC(C)CCO.COCCCCCCO.COCCO. The van der Waals surface area contributed by atoms with Gasteiger partial charge in [-0.05, 0) is 144 Å². The number of carbonyl (C=O) groups is 4. The van der Waals surface area contributed by atoms with Gasteiger partial charge < -0.3 is 67.8 Å². The molecule has 0 aliphatic carbocycles. The Balaban J connectivity index is -0.000000530. The summed E-state index contributed by atoms with van der Waals surface area (Å²) in [6.45, 7) is 26.4. The van der Waals surface area contributed by atoms with Gasteiger partial charge in [0.05, 0.1) is 46.2 Å². The van der Waals surface area contributed by atoms with Gasteiger partial charge in [0.15, 0.2) is 0 Å². The van der Waals surface area contributed by atoms with E-state index < -0.39 is 5.97 Å². The predicted molar refractivity (Wildman–Crippen MR) is 396 cm³/mol. The first-order valence-electron chi connectivity index (χ1n) is 34.9. The number of carbonyl (C=O) groups excluding carboxylic acids is 4. The Hall–Kier alpha value is -7.16. The van der Waals surface area contributed by atoms with Gasteiger partial charge in [-0.1, -0.05) is 183 Å². The molecule has 4 N–H and O–H groups in total. The minimum absolute atomic E-state index is 0.122. The summed E-state index contributed by atoms with van der Waals surface area (Å²) < 4.78 is 50.1. The number of benzene rings is 4. The molecule has 18 nitrogen and oxygen atoms in total. The largest absolute Gasteiger partial charge is 0.494 e. The molecular weight excluding hydrogens is 1250 g/mol. The quantitative estimate of drug-likeness (QED) is 0.0139. The van der Waals surface area contributed by atoms with Crippen LogP contribution in [0.1, 0.15) is 161 Å². The van der Waals surface area contributed by atoms with E-state index >= 15 is 0 Å². The van der Waals surface area contributed by atoms with Gasteiger partial charge in [-0.25, -0.2) is 19.2 Å². The van der Waals surface area contributed by atoms with E-state index in [1.807, 2.05) is 97.1 Å². The van der Waals surface area contributed by atoms with Gasteiger partial charge in [0.1, 0.15) is 30.5 Å². The van der Waals surface area contributed by atoms with Crippen molar-refractivity contribution in [2.45, 2.75) is 162 Å². The summed E-state index contributed by atoms with van der Waals surface area (Å²) in [4.78, 5) is 42.9. The lowest BCUT2D eigenvalue weighted by atomic mass is 10.1. The molecule has 0 aromatic heterocycles. The second-order valence-corrected chi connectivity index (χ2v) is 22.1. The summed E-state index contributed by atoms with van der Waals surface area (Å²) in [5.41, 5.74) is 1.39. The van der Waals surface area contributed by atoms with Gasteiger partial charge in [-0.2, -0.15) is 0 Å². The Labute approximate surface area is 590 Å². The highest BCUT2D eigenvalue weighted by Gasteiger charge is 2.05. The number of para-hydroxylation sites is 3. The molecule has 0 aliphatic heterocycles. The van der Waals surface area contributed by atoms with Gasteiger partial charge in [0.2, 0.25) is 0 Å². The molecule has 4 aromatic rings. The zero-order chi connectivity index (χ0) is 73.3. The van der Waals surface area contributed by atoms with Crippen LogP contribution >= 0.6 is 0 Å². The number of unbranched alkanes of at least 4 members (excludes halogenated alkanes) is 13. The van der Waals surface area contributed by atoms with Crippen molar-refractivity contribution in [3.05, 3.63) is 178 Å². The standard InChI is InChI=1S/2C15H20O3.C15H20O2.C11H12O3.2C7H16O2.C7H16O.C3H8O2/c1-3-15(16)18-12-10-13(2)9-11-17-14-7-5-4-6-8-14;1-2-15(16)18-13-9-4-3-8-12-17-14-10-6-5-7-11-14;1-2-15(16)17-13-9-4-3-6-10-14-11-7-5-8-12-14;1-2-11(12)14-9-8-13-10-6-4-3-5-7-10;1-7(3-5-8)4-6-9-2;1-9-7-5-3-2-4-6-8;1-2-3-4-5-6-7-8;1-5-3-2-4/h3-8,13H,1,9-12H2,2H3;2,5-7,10-11H,1,3-4,8-9,12-13H2;2,5,7-8,11-12H,1,3-4,6,9-10,13H2;2-7H,1,8-9H2;7-8H,3-6H2,1-2H3;8H,2-7H2,1H3;8H,2-7H2,1H3;4H,2-3H2,1H3. The summed E-state index contributed by atoms with van der Waals surface area (Å²) >= 11 is 0. The zero-order valence-electron chi connectivity index (χ0n) is 60.8. The van der Waals surface area contributed by atoms with E-state index in [9.17, 15) is 19.2 Å². The van der Waals surface area contributed by atoms with E-state index in [4.69, 9.17) is 63.1 Å². The van der Waals surface area contributed by atoms with Gasteiger partial charge >= 0.3 is 23.9 Å². The third kappa shape index (κ3) is 79.5. The van der Waals surface area contributed by atoms with Crippen LogP contribution in [0.5, 0.6) is 17.2 Å². The Morgan fingerprint density at radius 3 is 1.07 bits per heavy atom. The molecule has 2 unspecified atom stereocenters. The second kappa shape index (κ2) is 82.3. The molecular formula is C80H128O18. The first-order valence-corrected chi connectivity index (χ1v) is 34.9. The molecule has 0 aliphatic rings. The number of aliphatic hydroxyl groups is 4. The Morgan fingerprint density at radius 1 is 0.337 bits per heavy atom. The Kier molecular flexibility index (Phi) is 81.6. The number of ether oxygens (including phenoxy) is 10. The number of methoxy groups -OCH3 is 3. The van der Waals surface area contributed by atoms with Crippen LogP contribution in [0.4, 0.5) is 0 Å². The Morgan fingerprint density at radius 2 is 0.673 bits per heavy atom. The number of hydrogen-bond acceptors (Lipinski definition) is 18. The van der Waals surface area contributed by atoms with Crippen LogP contribution < -0.4 is 14.2 Å². The molecule has 0 spiro atoms. The van der Waals surface area contributed by atoms with Gasteiger partial charge in [0.25, 0.3) is 0 Å². The molecule has 0 radical (unpaired) electrons. The lowest BCUT2D eigenvalue weighted by Crippen LogP contribution is -2.09. The van der Waals surface area contributed by atoms with Gasteiger partial charge in [0, 0.05) is 78.7 Å². The maximum absolute atomic E-state index is 10.8. The van der Waals surface area contributed by atoms with E-state index in [-0.39, 0.29) is 31.1 Å². The van der Waals surface area contributed by atoms with Crippen molar-refractivity contribution in [3.63, 3.8) is 0 Å². The molecule has 0 bridgehead atoms. The van der Waals surface area contributed by atoms with Crippen LogP contribution in [-0.2, 0) is 58.8 Å². The van der Waals surface area contributed by atoms with Gasteiger partial charge in [-0.15, -0.1) is 0 Å². The second-order valence-electron chi connectivity index (χ2n) is 22.1. The molecule has 0 saturated heterocycles. The zero-order valence-corrected chi connectivity index (χ0v) is 60.8. The average molecular weight is 1380 g/mol. The lowest BCUT2D eigenvalue weighted by molar-refractivity contribution is -0.139. The van der Waals surface area contributed by atoms with Crippen LogP contribution in [0.15, 0.2) is 172 Å². The van der Waals surface area contributed by atoms with Crippen molar-refractivity contribution in [1.29, 1.82) is 0 Å². The fourth-order valence-electron chi connectivity index (χ4n) is 7.70. The number of hydrogen-bond donors (Lipinski definition) is 4. The third-order valence-corrected chi connectivity index (χ3v) is 13.5. The van der Waals surface area contributed by atoms with Crippen molar-refractivity contribution in [3.8, 4) is 17.2 Å². The van der Waals surface area contributed by atoms with E-state index in [0.717, 1.165) is 139 Å². The molecule has 556 valence electrons. The average Bonchev–Trinajstić information content (AvgIpc) is 1.69. The monoisotopic (exact) mass is 1380 g/mol.